The average Bonchev–Trinajstić information content (AvgIpc) is 2.91. The fraction of sp³-hybridized carbons (Fsp3) is 0.267. The molecule has 1 aromatic carbocycles. The Labute approximate surface area is 121 Å². The van der Waals surface area contributed by atoms with Crippen molar-refractivity contribution < 1.29 is 4.79 Å². The van der Waals surface area contributed by atoms with Gasteiger partial charge in [0.1, 0.15) is 17.7 Å². The lowest BCUT2D eigenvalue weighted by molar-refractivity contribution is -0.121. The third-order valence-corrected chi connectivity index (χ3v) is 3.62. The molecular weight excluding hydrogens is 268 g/mol. The average molecular weight is 284 g/mol. The Balaban J connectivity index is 1.82. The highest BCUT2D eigenvalue weighted by molar-refractivity contribution is 5.78. The second kappa shape index (κ2) is 5.40. The van der Waals surface area contributed by atoms with Crippen LogP contribution in [0.5, 0.6) is 0 Å². The summed E-state index contributed by atoms with van der Waals surface area (Å²) in [5.74, 6) is 0.657. The zero-order valence-corrected chi connectivity index (χ0v) is 11.5. The predicted octanol–water partition coefficient (Wildman–Crippen LogP) is 0.828. The van der Waals surface area contributed by atoms with E-state index in [-0.39, 0.29) is 5.56 Å². The van der Waals surface area contributed by atoms with E-state index in [1.165, 1.54) is 10.6 Å². The summed E-state index contributed by atoms with van der Waals surface area (Å²) in [6, 6.07) is 10.7. The van der Waals surface area contributed by atoms with Crippen molar-refractivity contribution in [1.82, 2.24) is 9.55 Å². The molecule has 1 unspecified atom stereocenters. The van der Waals surface area contributed by atoms with Crippen LogP contribution in [0.25, 0.3) is 0 Å². The van der Waals surface area contributed by atoms with E-state index in [4.69, 9.17) is 5.73 Å². The molecule has 1 atom stereocenters. The summed E-state index contributed by atoms with van der Waals surface area (Å²) >= 11 is 0. The number of benzene rings is 1. The van der Waals surface area contributed by atoms with Gasteiger partial charge in [-0.15, -0.1) is 0 Å². The molecule has 0 aliphatic carbocycles. The molecule has 0 saturated carbocycles. The van der Waals surface area contributed by atoms with Gasteiger partial charge in [-0.25, -0.2) is 4.98 Å². The Bertz CT molecular complexity index is 724. The number of anilines is 1. The van der Waals surface area contributed by atoms with Crippen molar-refractivity contribution >= 4 is 11.7 Å². The van der Waals surface area contributed by atoms with Crippen LogP contribution in [-0.4, -0.2) is 15.5 Å². The number of nitrogens with zero attached hydrogens (tertiary/aromatic N) is 2. The van der Waals surface area contributed by atoms with Crippen LogP contribution in [-0.2, 0) is 17.8 Å². The van der Waals surface area contributed by atoms with Crippen molar-refractivity contribution in [3.8, 4) is 0 Å². The lowest BCUT2D eigenvalue weighted by Crippen LogP contribution is -2.32. The Morgan fingerprint density at radius 2 is 2.14 bits per heavy atom. The summed E-state index contributed by atoms with van der Waals surface area (Å²) < 4.78 is 1.40. The topological polar surface area (TPSA) is 90.0 Å². The molecule has 1 aliphatic heterocycles. The van der Waals surface area contributed by atoms with E-state index >= 15 is 0 Å². The number of fused-ring (bicyclic) bond motifs is 1. The molecule has 6 heteroatoms. The van der Waals surface area contributed by atoms with Crippen LogP contribution in [0.2, 0.25) is 0 Å². The lowest BCUT2D eigenvalue weighted by atomic mass is 10.2. The molecule has 21 heavy (non-hydrogen) atoms. The second-order valence-corrected chi connectivity index (χ2v) is 5.06. The van der Waals surface area contributed by atoms with Gasteiger partial charge in [-0.3, -0.25) is 14.2 Å². The number of aromatic nitrogens is 2. The zero-order valence-electron chi connectivity index (χ0n) is 11.5. The number of rotatable bonds is 4. The third-order valence-electron chi connectivity index (χ3n) is 3.62. The fourth-order valence-electron chi connectivity index (χ4n) is 2.59. The van der Waals surface area contributed by atoms with Gasteiger partial charge in [0, 0.05) is 19.0 Å². The Kier molecular flexibility index (Phi) is 3.43. The number of carbonyl (C=O) groups excluding carboxylic acids is 1. The molecule has 3 rings (SSSR count). The van der Waals surface area contributed by atoms with Crippen LogP contribution in [0.4, 0.5) is 5.82 Å². The summed E-state index contributed by atoms with van der Waals surface area (Å²) in [4.78, 5) is 27.9. The van der Waals surface area contributed by atoms with Gasteiger partial charge in [0.15, 0.2) is 0 Å². The van der Waals surface area contributed by atoms with Gasteiger partial charge in [0.2, 0.25) is 5.91 Å². The smallest absolute Gasteiger partial charge is 0.256 e. The Morgan fingerprint density at radius 1 is 1.38 bits per heavy atom. The molecule has 108 valence electrons. The van der Waals surface area contributed by atoms with Crippen molar-refractivity contribution in [2.45, 2.75) is 25.4 Å². The fourth-order valence-corrected chi connectivity index (χ4v) is 2.59. The van der Waals surface area contributed by atoms with Crippen molar-refractivity contribution in [2.24, 2.45) is 5.73 Å². The lowest BCUT2D eigenvalue weighted by Gasteiger charge is -2.11. The summed E-state index contributed by atoms with van der Waals surface area (Å²) in [5.41, 5.74) is 6.18. The first-order chi connectivity index (χ1) is 10.1. The number of primary amides is 1. The number of aryl methyl sites for hydroxylation is 1. The van der Waals surface area contributed by atoms with Gasteiger partial charge in [-0.05, 0) is 12.0 Å². The van der Waals surface area contributed by atoms with Crippen molar-refractivity contribution in [3.05, 3.63) is 58.1 Å². The molecule has 0 fully saturated rings. The molecule has 1 aliphatic rings. The molecule has 0 saturated heterocycles. The summed E-state index contributed by atoms with van der Waals surface area (Å²) in [7, 11) is 0. The highest BCUT2D eigenvalue weighted by Gasteiger charge is 2.28. The quantitative estimate of drug-likeness (QED) is 0.870. The molecule has 1 aromatic heterocycles. The summed E-state index contributed by atoms with van der Waals surface area (Å²) in [5, 5.41) is 3.13. The van der Waals surface area contributed by atoms with Crippen LogP contribution in [0.1, 0.15) is 23.9 Å². The van der Waals surface area contributed by atoms with Gasteiger partial charge in [0.05, 0.1) is 0 Å². The van der Waals surface area contributed by atoms with Crippen molar-refractivity contribution in [1.29, 1.82) is 0 Å². The zero-order chi connectivity index (χ0) is 14.8. The van der Waals surface area contributed by atoms with Crippen LogP contribution in [0.3, 0.4) is 0 Å². The van der Waals surface area contributed by atoms with E-state index in [0.717, 1.165) is 5.56 Å². The van der Waals surface area contributed by atoms with E-state index in [0.29, 0.717) is 31.0 Å². The molecule has 0 spiro atoms. The van der Waals surface area contributed by atoms with E-state index in [1.54, 1.807) is 0 Å². The molecule has 6 nitrogen and oxygen atoms in total. The van der Waals surface area contributed by atoms with Crippen molar-refractivity contribution in [3.63, 3.8) is 0 Å². The van der Waals surface area contributed by atoms with Gasteiger partial charge in [-0.1, -0.05) is 30.3 Å². The van der Waals surface area contributed by atoms with Crippen LogP contribution >= 0.6 is 0 Å². The molecule has 0 bridgehead atoms. The van der Waals surface area contributed by atoms with E-state index in [1.807, 2.05) is 30.3 Å². The summed E-state index contributed by atoms with van der Waals surface area (Å²) in [6.07, 6.45) is 1.13. The number of nitrogens with one attached hydrogen (secondary N) is 1. The third kappa shape index (κ3) is 2.65. The largest absolute Gasteiger partial charge is 0.368 e. The SMILES string of the molecule is NC(=O)C1CCc2nc(NCc3ccccc3)cc(=O)n21. The normalized spacial score (nSPS) is 16.5. The number of hydrogen-bond donors (Lipinski definition) is 2. The standard InChI is InChI=1S/C15H16N4O2/c16-15(21)11-6-7-13-18-12(8-14(20)19(11)13)17-9-10-4-2-1-3-5-10/h1-5,8,11,17H,6-7,9H2,(H2,16,21). The minimum atomic E-state index is -0.567. The summed E-state index contributed by atoms with van der Waals surface area (Å²) in [6.45, 7) is 0.593. The molecular formula is C15H16N4O2. The van der Waals surface area contributed by atoms with E-state index < -0.39 is 11.9 Å². The van der Waals surface area contributed by atoms with Crippen LogP contribution in [0, 0.1) is 0 Å². The first-order valence-corrected chi connectivity index (χ1v) is 6.85. The molecule has 1 amide bonds. The van der Waals surface area contributed by atoms with E-state index in [9.17, 15) is 9.59 Å². The van der Waals surface area contributed by atoms with Gasteiger partial charge < -0.3 is 11.1 Å². The maximum Gasteiger partial charge on any atom is 0.256 e. The minimum absolute atomic E-state index is 0.239. The maximum absolute atomic E-state index is 12.1. The number of nitrogens with two attached hydrogens (primary N) is 1. The van der Waals surface area contributed by atoms with Crippen molar-refractivity contribution in [2.75, 3.05) is 5.32 Å². The van der Waals surface area contributed by atoms with Gasteiger partial charge in [-0.2, -0.15) is 0 Å². The highest BCUT2D eigenvalue weighted by Crippen LogP contribution is 2.22. The first kappa shape index (κ1) is 13.4. The van der Waals surface area contributed by atoms with Crippen LogP contribution in [0.15, 0.2) is 41.2 Å². The molecule has 2 heterocycles. The molecule has 0 radical (unpaired) electrons. The number of carbonyl (C=O) groups is 1. The Hall–Kier alpha value is -2.63. The van der Waals surface area contributed by atoms with E-state index in [2.05, 4.69) is 10.3 Å². The number of amides is 1. The second-order valence-electron chi connectivity index (χ2n) is 5.06. The number of hydrogen-bond acceptors (Lipinski definition) is 4. The monoisotopic (exact) mass is 284 g/mol. The predicted molar refractivity (Wildman–Crippen MR) is 78.8 cm³/mol. The minimum Gasteiger partial charge on any atom is -0.368 e. The maximum atomic E-state index is 12.1. The van der Waals surface area contributed by atoms with Crippen LogP contribution < -0.4 is 16.6 Å². The van der Waals surface area contributed by atoms with Gasteiger partial charge in [0.25, 0.3) is 5.56 Å². The van der Waals surface area contributed by atoms with Gasteiger partial charge >= 0.3 is 0 Å². The molecule has 3 N–H and O–H groups in total. The highest BCUT2D eigenvalue weighted by atomic mass is 16.2. The molecule has 2 aromatic rings. The first-order valence-electron chi connectivity index (χ1n) is 6.85. The Morgan fingerprint density at radius 3 is 2.86 bits per heavy atom.